The number of alkyl carbamates (subject to hydrolysis) is 1. The van der Waals surface area contributed by atoms with Crippen molar-refractivity contribution in [2.45, 2.75) is 13.3 Å². The van der Waals surface area contributed by atoms with Crippen molar-refractivity contribution in [3.05, 3.63) is 21.6 Å². The van der Waals surface area contributed by atoms with Gasteiger partial charge in [0.15, 0.2) is 0 Å². The Morgan fingerprint density at radius 2 is 2.00 bits per heavy atom. The summed E-state index contributed by atoms with van der Waals surface area (Å²) in [5.41, 5.74) is 0.474. The first-order valence-corrected chi connectivity index (χ1v) is 5.91. The number of aromatic amines is 1. The van der Waals surface area contributed by atoms with Crippen molar-refractivity contribution in [1.82, 2.24) is 20.6 Å². The summed E-state index contributed by atoms with van der Waals surface area (Å²) in [5, 5.41) is 7.02. The number of rotatable bonds is 4. The number of aryl methyl sites for hydroxylation is 1. The first-order chi connectivity index (χ1) is 9.47. The van der Waals surface area contributed by atoms with Crippen LogP contribution in [-0.4, -0.2) is 42.8 Å². The molecule has 4 N–H and O–H groups in total. The number of carbonyl (C=O) groups excluding carboxylic acids is 2. The van der Waals surface area contributed by atoms with E-state index in [1.165, 1.54) is 14.1 Å². The fourth-order valence-electron chi connectivity index (χ4n) is 1.45. The molecule has 0 aliphatic carbocycles. The minimum absolute atomic E-state index is 0.0582. The number of H-pyrrole nitrogens is 1. The maximum atomic E-state index is 11.9. The molecule has 0 fully saturated rings. The van der Waals surface area contributed by atoms with E-state index in [1.54, 1.807) is 6.92 Å². The lowest BCUT2D eigenvalue weighted by Crippen LogP contribution is -2.28. The van der Waals surface area contributed by atoms with E-state index < -0.39 is 12.1 Å². The fraction of sp³-hybridized carbons (Fsp3) is 0.455. The van der Waals surface area contributed by atoms with Crippen LogP contribution < -0.4 is 21.5 Å². The van der Waals surface area contributed by atoms with E-state index in [1.807, 2.05) is 0 Å². The zero-order chi connectivity index (χ0) is 15.1. The Kier molecular flexibility index (Phi) is 5.51. The molecule has 0 saturated carbocycles. The van der Waals surface area contributed by atoms with Gasteiger partial charge in [0.2, 0.25) is 5.95 Å². The van der Waals surface area contributed by atoms with Gasteiger partial charge in [0, 0.05) is 26.1 Å². The highest BCUT2D eigenvalue weighted by molar-refractivity contribution is 5.86. The number of nitrogens with one attached hydrogen (secondary N) is 4. The summed E-state index contributed by atoms with van der Waals surface area (Å²) in [7, 11) is 2.89. The maximum absolute atomic E-state index is 11.9. The first kappa shape index (κ1) is 15.5. The van der Waals surface area contributed by atoms with Gasteiger partial charge in [0.1, 0.15) is 0 Å². The van der Waals surface area contributed by atoms with Gasteiger partial charge in [-0.1, -0.05) is 0 Å². The third-order valence-corrected chi connectivity index (χ3v) is 2.47. The Hall–Kier alpha value is -2.58. The van der Waals surface area contributed by atoms with Crippen molar-refractivity contribution in [2.24, 2.45) is 0 Å². The average molecular weight is 283 g/mol. The van der Waals surface area contributed by atoms with Crippen molar-refractivity contribution in [1.29, 1.82) is 0 Å². The van der Waals surface area contributed by atoms with Gasteiger partial charge in [-0.2, -0.15) is 0 Å². The second-order valence-corrected chi connectivity index (χ2v) is 3.82. The Bertz CT molecular complexity index is 554. The Balaban J connectivity index is 2.76. The summed E-state index contributed by atoms with van der Waals surface area (Å²) < 4.78 is 4.81. The van der Waals surface area contributed by atoms with Gasteiger partial charge in [0.05, 0.1) is 12.3 Å². The monoisotopic (exact) mass is 283 g/mol. The van der Waals surface area contributed by atoms with E-state index in [4.69, 9.17) is 4.74 Å². The zero-order valence-corrected chi connectivity index (χ0v) is 11.5. The summed E-state index contributed by atoms with van der Waals surface area (Å²) in [6.45, 7) is 1.70. The molecule has 0 aliphatic rings. The molecule has 9 heteroatoms. The lowest BCUT2D eigenvalue weighted by atomic mass is 10.2. The molecular formula is C11H17N5O4. The van der Waals surface area contributed by atoms with Crippen LogP contribution in [0.25, 0.3) is 0 Å². The number of nitrogens with zero attached hydrogens (tertiary/aromatic N) is 1. The predicted octanol–water partition coefficient (Wildman–Crippen LogP) is -0.272. The lowest BCUT2D eigenvalue weighted by Gasteiger charge is -2.08. The number of carbonyl (C=O) groups is 2. The standard InChI is InChI=1S/C11H17N5O4/c1-6-7(4-5-20-11(19)13-3)8(17)15-9(14-6)16-10(18)12-2/h4-5H2,1-3H3,(H,13,19)(H3,12,14,15,16,17,18). The van der Waals surface area contributed by atoms with Gasteiger partial charge < -0.3 is 15.4 Å². The fourth-order valence-corrected chi connectivity index (χ4v) is 1.45. The quantitative estimate of drug-likeness (QED) is 0.605. The topological polar surface area (TPSA) is 125 Å². The van der Waals surface area contributed by atoms with E-state index >= 15 is 0 Å². The van der Waals surface area contributed by atoms with Crippen molar-refractivity contribution in [3.8, 4) is 0 Å². The SMILES string of the molecule is CNC(=O)Nc1nc(C)c(CCOC(=O)NC)c(=O)[nH]1. The molecule has 0 saturated heterocycles. The van der Waals surface area contributed by atoms with E-state index in [2.05, 4.69) is 25.9 Å². The average Bonchev–Trinajstić information content (AvgIpc) is 2.41. The number of amides is 3. The summed E-state index contributed by atoms with van der Waals surface area (Å²) in [4.78, 5) is 40.4. The van der Waals surface area contributed by atoms with Gasteiger partial charge >= 0.3 is 12.1 Å². The van der Waals surface area contributed by atoms with E-state index in [0.717, 1.165) is 0 Å². The molecule has 0 atom stereocenters. The van der Waals surface area contributed by atoms with E-state index in [0.29, 0.717) is 11.3 Å². The minimum atomic E-state index is -0.565. The molecule has 9 nitrogen and oxygen atoms in total. The summed E-state index contributed by atoms with van der Waals surface area (Å²) in [6, 6.07) is -0.483. The van der Waals surface area contributed by atoms with Crippen LogP contribution in [0.5, 0.6) is 0 Å². The van der Waals surface area contributed by atoms with E-state index in [-0.39, 0.29) is 24.5 Å². The highest BCUT2D eigenvalue weighted by Gasteiger charge is 2.10. The lowest BCUT2D eigenvalue weighted by molar-refractivity contribution is 0.149. The van der Waals surface area contributed by atoms with Gasteiger partial charge in [-0.05, 0) is 6.92 Å². The van der Waals surface area contributed by atoms with Crippen LogP contribution in [0.3, 0.4) is 0 Å². The minimum Gasteiger partial charge on any atom is -0.449 e. The van der Waals surface area contributed by atoms with Crippen LogP contribution in [0.1, 0.15) is 11.3 Å². The second kappa shape index (κ2) is 7.12. The molecule has 0 radical (unpaired) electrons. The number of ether oxygens (including phenoxy) is 1. The van der Waals surface area contributed by atoms with Gasteiger partial charge in [-0.3, -0.25) is 15.1 Å². The van der Waals surface area contributed by atoms with Crippen LogP contribution in [0.4, 0.5) is 15.5 Å². The van der Waals surface area contributed by atoms with Crippen LogP contribution in [0.2, 0.25) is 0 Å². The molecule has 1 heterocycles. The third kappa shape index (κ3) is 4.26. The molecule has 1 aromatic rings. The van der Waals surface area contributed by atoms with Gasteiger partial charge in [0.25, 0.3) is 5.56 Å². The highest BCUT2D eigenvalue weighted by Crippen LogP contribution is 2.03. The van der Waals surface area contributed by atoms with Crippen molar-refractivity contribution >= 4 is 18.1 Å². The summed E-state index contributed by atoms with van der Waals surface area (Å²) >= 11 is 0. The molecule has 1 rings (SSSR count). The summed E-state index contributed by atoms with van der Waals surface area (Å²) in [5.74, 6) is 0.0582. The zero-order valence-electron chi connectivity index (χ0n) is 11.5. The molecule has 0 spiro atoms. The molecule has 3 amide bonds. The van der Waals surface area contributed by atoms with Gasteiger partial charge in [-0.15, -0.1) is 0 Å². The number of urea groups is 1. The molecule has 0 aliphatic heterocycles. The van der Waals surface area contributed by atoms with Crippen LogP contribution in [0.15, 0.2) is 4.79 Å². The second-order valence-electron chi connectivity index (χ2n) is 3.82. The molecule has 0 unspecified atom stereocenters. The smallest absolute Gasteiger partial charge is 0.406 e. The van der Waals surface area contributed by atoms with Crippen molar-refractivity contribution in [2.75, 3.05) is 26.0 Å². The number of anilines is 1. The third-order valence-electron chi connectivity index (χ3n) is 2.47. The normalized spacial score (nSPS) is 9.75. The molecule has 0 aromatic carbocycles. The largest absolute Gasteiger partial charge is 0.449 e. The Morgan fingerprint density at radius 3 is 2.55 bits per heavy atom. The summed E-state index contributed by atoms with van der Waals surface area (Å²) in [6.07, 6.45) is -0.327. The van der Waals surface area contributed by atoms with E-state index in [9.17, 15) is 14.4 Å². The van der Waals surface area contributed by atoms with Crippen LogP contribution >= 0.6 is 0 Å². The number of hydrogen-bond acceptors (Lipinski definition) is 5. The maximum Gasteiger partial charge on any atom is 0.406 e. The Morgan fingerprint density at radius 1 is 1.30 bits per heavy atom. The number of aromatic nitrogens is 2. The van der Waals surface area contributed by atoms with Gasteiger partial charge in [-0.25, -0.2) is 14.6 Å². The molecule has 20 heavy (non-hydrogen) atoms. The molecule has 0 bridgehead atoms. The molecular weight excluding hydrogens is 266 g/mol. The molecule has 110 valence electrons. The predicted molar refractivity (Wildman–Crippen MR) is 71.8 cm³/mol. The van der Waals surface area contributed by atoms with Crippen LogP contribution in [0, 0.1) is 6.92 Å². The molecule has 1 aromatic heterocycles. The van der Waals surface area contributed by atoms with Crippen LogP contribution in [-0.2, 0) is 11.2 Å². The highest BCUT2D eigenvalue weighted by atomic mass is 16.5. The van der Waals surface area contributed by atoms with Crippen molar-refractivity contribution in [3.63, 3.8) is 0 Å². The van der Waals surface area contributed by atoms with Crippen molar-refractivity contribution < 1.29 is 14.3 Å². The Labute approximate surface area is 115 Å². The first-order valence-electron chi connectivity index (χ1n) is 5.91. The number of hydrogen-bond donors (Lipinski definition) is 4.